The van der Waals surface area contributed by atoms with Gasteiger partial charge in [-0.1, -0.05) is 259 Å². The number of aromatic amines is 1. The van der Waals surface area contributed by atoms with E-state index in [9.17, 15) is 0 Å². The summed E-state index contributed by atoms with van der Waals surface area (Å²) in [6, 6.07) is 127. The van der Waals surface area contributed by atoms with Gasteiger partial charge in [0.15, 0.2) is 0 Å². The lowest BCUT2D eigenvalue weighted by molar-refractivity contribution is 1.11. The van der Waals surface area contributed by atoms with Crippen molar-refractivity contribution in [2.24, 2.45) is 0 Å². The smallest absolute Gasteiger partial charge is 0.0810 e. The maximum Gasteiger partial charge on any atom is 0.0810 e. The highest BCUT2D eigenvalue weighted by molar-refractivity contribution is 9.10. The van der Waals surface area contributed by atoms with Crippen LogP contribution in [0.25, 0.3) is 181 Å². The Morgan fingerprint density at radius 2 is 0.510 bits per heavy atom. The summed E-state index contributed by atoms with van der Waals surface area (Å²) in [5.41, 5.74) is 20.3. The summed E-state index contributed by atoms with van der Waals surface area (Å²) in [6.45, 7) is 0. The Kier molecular flexibility index (Phi) is 13.8. The molecule has 6 aromatic heterocycles. The number of hydrogen-bond donors (Lipinski definition) is 1. The van der Waals surface area contributed by atoms with Crippen LogP contribution in [0.15, 0.2) is 356 Å². The summed E-state index contributed by atoms with van der Waals surface area (Å²) in [7, 11) is 0. The van der Waals surface area contributed by atoms with Gasteiger partial charge in [-0.2, -0.15) is 0 Å². The minimum absolute atomic E-state index is 0. The lowest BCUT2D eigenvalue weighted by Gasteiger charge is -2.14. The van der Waals surface area contributed by atoms with Crippen LogP contribution in [0.2, 0.25) is 0 Å². The molecule has 0 saturated heterocycles. The zero-order chi connectivity index (χ0) is 65.2. The van der Waals surface area contributed by atoms with Crippen LogP contribution in [0.5, 0.6) is 0 Å². The van der Waals surface area contributed by atoms with Crippen molar-refractivity contribution in [2.75, 3.05) is 0 Å². The molecule has 1 N–H and O–H groups in total. The second kappa shape index (κ2) is 23.5. The molecule has 22 rings (SSSR count). The monoisotopic (exact) mass is 1350 g/mol. The zero-order valence-corrected chi connectivity index (χ0v) is 55.6. The van der Waals surface area contributed by atoms with Crippen molar-refractivity contribution in [2.45, 2.75) is 0 Å². The number of fused-ring (bicyclic) bond motifs is 26. The summed E-state index contributed by atoms with van der Waals surface area (Å²) in [4.78, 5) is 3.86. The number of halogens is 2. The topological polar surface area (TPSA) is 40.4 Å². The maximum absolute atomic E-state index is 3.86. The van der Waals surface area contributed by atoms with Gasteiger partial charge in [0.25, 0.3) is 0 Å². The van der Waals surface area contributed by atoms with E-state index in [0.29, 0.717) is 0 Å². The van der Waals surface area contributed by atoms with Crippen LogP contribution in [-0.4, -0.2) is 27.8 Å². The van der Waals surface area contributed by atoms with E-state index in [2.05, 4.69) is 396 Å². The van der Waals surface area contributed by atoms with E-state index in [0.717, 1.165) is 38.4 Å². The lowest BCUT2D eigenvalue weighted by Crippen LogP contribution is -1.99. The number of nitrogens with zero attached hydrogens (tertiary/aromatic N) is 5. The molecular formula is C92H60BrFN6. The standard InChI is InChI=1S/C46H29N3.C36H23N3.C10H7Br.FH/c1-3-17-32(18-4-1)47-38-24-12-10-22-36(38)42-41-35-21-9-13-25-39(35)49(34-28-27-30-15-7-8-16-31(30)29-34)44(41)43-37-23-11-14-26-40(37)48(46(43)45(42)47)33-19-5-2-6-20-33;1-3-13-23(14-4-1)38-29-21-11-8-18-26(29)32-31-25-17-7-10-20-28(25)37-34(31)33-27-19-9-12-22-30(27)39(36(33)35(32)38)24-15-5-2-6-16-24;11-10-6-5-8-3-1-2-4-9(8)7-10;/h1-29H;1-22,37H;1-7H;1H. The Labute approximate surface area is 581 Å². The fourth-order valence-electron chi connectivity index (χ4n) is 16.3. The number of nitrogens with one attached hydrogen (secondary N) is 1. The lowest BCUT2D eigenvalue weighted by atomic mass is 10.0. The number of H-pyrrole nitrogens is 1. The quantitative estimate of drug-likeness (QED) is 0.178. The van der Waals surface area contributed by atoms with Crippen molar-refractivity contribution in [3.8, 4) is 28.4 Å². The van der Waals surface area contributed by atoms with Crippen LogP contribution in [0.1, 0.15) is 0 Å². The average molecular weight is 1350 g/mol. The predicted molar refractivity (Wildman–Crippen MR) is 426 cm³/mol. The third-order valence-electron chi connectivity index (χ3n) is 20.3. The van der Waals surface area contributed by atoms with E-state index in [1.807, 2.05) is 0 Å². The van der Waals surface area contributed by atoms with E-state index in [1.54, 1.807) is 0 Å². The minimum atomic E-state index is 0. The third kappa shape index (κ3) is 8.87. The number of hydrogen-bond acceptors (Lipinski definition) is 0. The normalized spacial score (nSPS) is 11.8. The second-order valence-corrected chi connectivity index (χ2v) is 26.6. The van der Waals surface area contributed by atoms with Crippen LogP contribution in [0.3, 0.4) is 0 Å². The third-order valence-corrected chi connectivity index (χ3v) is 20.8. The van der Waals surface area contributed by atoms with Crippen molar-refractivity contribution in [1.82, 2.24) is 27.8 Å². The molecule has 0 saturated carbocycles. The maximum atomic E-state index is 3.86. The highest BCUT2D eigenvalue weighted by Crippen LogP contribution is 2.52. The second-order valence-electron chi connectivity index (χ2n) is 25.7. The molecule has 0 amide bonds. The van der Waals surface area contributed by atoms with Crippen LogP contribution < -0.4 is 0 Å². The molecule has 0 unspecified atom stereocenters. The average Bonchev–Trinajstić information content (AvgIpc) is 1.51. The van der Waals surface area contributed by atoms with Crippen LogP contribution in [0, 0.1) is 0 Å². The van der Waals surface area contributed by atoms with Crippen LogP contribution >= 0.6 is 15.9 Å². The Morgan fingerprint density at radius 3 is 0.960 bits per heavy atom. The highest BCUT2D eigenvalue weighted by Gasteiger charge is 2.30. The molecule has 0 fully saturated rings. The molecule has 8 heteroatoms. The van der Waals surface area contributed by atoms with Gasteiger partial charge in [-0.3, -0.25) is 4.70 Å². The van der Waals surface area contributed by atoms with Gasteiger partial charge >= 0.3 is 0 Å². The number of aromatic nitrogens is 6. The first-order chi connectivity index (χ1) is 49.1. The molecule has 16 aromatic carbocycles. The van der Waals surface area contributed by atoms with Crippen molar-refractivity contribution in [3.63, 3.8) is 0 Å². The molecule has 22 aromatic rings. The Bertz CT molecular complexity index is 6980. The summed E-state index contributed by atoms with van der Waals surface area (Å²) >= 11 is 3.43. The van der Waals surface area contributed by atoms with Gasteiger partial charge in [0, 0.05) is 103 Å². The number of para-hydroxylation sites is 10. The van der Waals surface area contributed by atoms with Gasteiger partial charge in [-0.25, -0.2) is 0 Å². The Morgan fingerprint density at radius 1 is 0.210 bits per heavy atom. The van der Waals surface area contributed by atoms with E-state index in [-0.39, 0.29) is 4.70 Å². The Balaban J connectivity index is 0.000000122. The van der Waals surface area contributed by atoms with Gasteiger partial charge in [-0.15, -0.1) is 0 Å². The fraction of sp³-hybridized carbons (Fsp3) is 0. The fourth-order valence-corrected chi connectivity index (χ4v) is 16.7. The van der Waals surface area contributed by atoms with E-state index >= 15 is 0 Å². The van der Waals surface area contributed by atoms with E-state index in [1.165, 1.54) is 147 Å². The highest BCUT2D eigenvalue weighted by atomic mass is 79.9. The SMILES string of the molecule is Brc1ccc2ccccc2c1.F.c1ccc(-n2c3ccccc3c3c4[nH]c5ccccc5c4c4c5ccccc5n(-c5ccccc5)c4c32)cc1.c1ccc(-n2c3ccccc3c3c4c5ccccc5n(-c5ccc6ccccc6c5)c4c4c5ccccc5n(-c5ccccc5)c4c32)cc1. The van der Waals surface area contributed by atoms with Gasteiger partial charge in [0.1, 0.15) is 0 Å². The summed E-state index contributed by atoms with van der Waals surface area (Å²) in [6.07, 6.45) is 0. The van der Waals surface area contributed by atoms with Gasteiger partial charge in [0.2, 0.25) is 0 Å². The first-order valence-electron chi connectivity index (χ1n) is 33.8. The van der Waals surface area contributed by atoms with Gasteiger partial charge in [0.05, 0.1) is 60.7 Å². The van der Waals surface area contributed by atoms with Gasteiger partial charge in [-0.05, 0) is 131 Å². The van der Waals surface area contributed by atoms with Crippen molar-refractivity contribution in [1.29, 1.82) is 0 Å². The molecule has 6 nitrogen and oxygen atoms in total. The predicted octanol–water partition coefficient (Wildman–Crippen LogP) is 25.4. The van der Waals surface area contributed by atoms with Gasteiger partial charge < -0.3 is 27.8 Å². The summed E-state index contributed by atoms with van der Waals surface area (Å²) in [5, 5.41) is 20.2. The molecule has 0 radical (unpaired) electrons. The van der Waals surface area contributed by atoms with E-state index < -0.39 is 0 Å². The molecule has 6 heterocycles. The summed E-state index contributed by atoms with van der Waals surface area (Å²) < 4.78 is 13.6. The molecule has 0 spiro atoms. The zero-order valence-electron chi connectivity index (χ0n) is 54.0. The number of rotatable bonds is 5. The summed E-state index contributed by atoms with van der Waals surface area (Å²) in [5.74, 6) is 0. The first-order valence-corrected chi connectivity index (χ1v) is 34.6. The minimum Gasteiger partial charge on any atom is -0.354 e. The molecule has 100 heavy (non-hydrogen) atoms. The molecule has 472 valence electrons. The van der Waals surface area contributed by atoms with Crippen LogP contribution in [-0.2, 0) is 0 Å². The number of benzene rings is 16. The van der Waals surface area contributed by atoms with Crippen molar-refractivity contribution < 1.29 is 4.70 Å². The van der Waals surface area contributed by atoms with E-state index in [4.69, 9.17) is 0 Å². The molecule has 0 atom stereocenters. The molecule has 0 bridgehead atoms. The van der Waals surface area contributed by atoms with Crippen molar-refractivity contribution in [3.05, 3.63) is 356 Å². The molecule has 0 aliphatic rings. The van der Waals surface area contributed by atoms with Crippen molar-refractivity contribution >= 4 is 168 Å². The van der Waals surface area contributed by atoms with Crippen LogP contribution in [0.4, 0.5) is 4.70 Å². The molecule has 0 aliphatic heterocycles. The first kappa shape index (κ1) is 58.6. The molecule has 0 aliphatic carbocycles. The Hall–Kier alpha value is -12.8. The largest absolute Gasteiger partial charge is 0.354 e. The molecular weight excluding hydrogens is 1290 g/mol.